The number of amides is 1. The summed E-state index contributed by atoms with van der Waals surface area (Å²) in [7, 11) is 0. The summed E-state index contributed by atoms with van der Waals surface area (Å²) in [6.45, 7) is 0.723. The van der Waals surface area contributed by atoms with Gasteiger partial charge in [0.1, 0.15) is 35.6 Å². The highest BCUT2D eigenvalue weighted by atomic mass is 19.1. The topological polar surface area (TPSA) is 142 Å². The van der Waals surface area contributed by atoms with Crippen molar-refractivity contribution in [3.05, 3.63) is 106 Å². The minimum Gasteiger partial charge on any atom is -0.478 e. The number of pyridine rings is 2. The molecule has 0 radical (unpaired) electrons. The van der Waals surface area contributed by atoms with Gasteiger partial charge in [0.2, 0.25) is 5.88 Å². The average molecular weight is 604 g/mol. The molecular weight excluding hydrogens is 579 g/mol. The molecule has 1 aliphatic heterocycles. The molecule has 3 aromatic heterocycles. The number of aromatic carboxylic acids is 1. The minimum atomic E-state index is -1.09. The lowest BCUT2D eigenvalue weighted by Gasteiger charge is -2.27. The van der Waals surface area contributed by atoms with Crippen LogP contribution in [-0.4, -0.2) is 49.2 Å². The molecule has 44 heavy (non-hydrogen) atoms. The second-order valence-electron chi connectivity index (χ2n) is 10.2. The van der Waals surface area contributed by atoms with Crippen molar-refractivity contribution in [2.45, 2.75) is 32.1 Å². The predicted octanol–water partition coefficient (Wildman–Crippen LogP) is 4.67. The molecule has 1 atom stereocenters. The predicted molar refractivity (Wildman–Crippen MR) is 150 cm³/mol. The van der Waals surface area contributed by atoms with Crippen LogP contribution in [0.1, 0.15) is 44.2 Å². The highest BCUT2D eigenvalue weighted by Gasteiger charge is 2.24. The first-order chi connectivity index (χ1) is 21.2. The van der Waals surface area contributed by atoms with Gasteiger partial charge in [-0.15, -0.1) is 0 Å². The molecule has 13 heteroatoms. The summed E-state index contributed by atoms with van der Waals surface area (Å²) in [6.07, 6.45) is 1.79. The Bertz CT molecular complexity index is 1930. The Balaban J connectivity index is 1.25. The summed E-state index contributed by atoms with van der Waals surface area (Å²) < 4.78 is 58.1. The van der Waals surface area contributed by atoms with Crippen LogP contribution in [0.3, 0.4) is 0 Å². The smallest absolute Gasteiger partial charge is 0.335 e. The molecule has 224 valence electrons. The Labute approximate surface area is 247 Å². The standard InChI is InChI=1S/C31H24F3N5O5/c32-21-11-20(24-2-1-3-29(38-24)44-15-18-13-36-26(30(35)40)12-22(18)33)23(34)8-17(21)10-28-37-25-5-4-16(31(41)42)9-27(25)39(28)14-19-6-7-43-19/h1-5,8-9,11-13,19H,6-7,10,14-15H2,(H2,35,40)(H,41,42)/t19-/m0/s1. The number of carbonyl (C=O) groups is 2. The van der Waals surface area contributed by atoms with Crippen LogP contribution in [0.2, 0.25) is 0 Å². The second-order valence-corrected chi connectivity index (χ2v) is 10.2. The third-order valence-electron chi connectivity index (χ3n) is 7.30. The number of benzene rings is 2. The number of carbonyl (C=O) groups excluding carboxylic acids is 1. The number of carboxylic acid groups (broad SMARTS) is 1. The van der Waals surface area contributed by atoms with Gasteiger partial charge >= 0.3 is 5.97 Å². The van der Waals surface area contributed by atoms with E-state index in [1.54, 1.807) is 10.6 Å². The third-order valence-corrected chi connectivity index (χ3v) is 7.30. The van der Waals surface area contributed by atoms with E-state index in [1.807, 2.05) is 0 Å². The van der Waals surface area contributed by atoms with Gasteiger partial charge in [-0.3, -0.25) is 9.78 Å². The zero-order chi connectivity index (χ0) is 31.0. The molecule has 10 nitrogen and oxygen atoms in total. The number of rotatable bonds is 10. The summed E-state index contributed by atoms with van der Waals surface area (Å²) in [5.74, 6) is -3.67. The van der Waals surface area contributed by atoms with Crippen molar-refractivity contribution in [2.24, 2.45) is 5.73 Å². The number of nitrogens with zero attached hydrogens (tertiary/aromatic N) is 4. The summed E-state index contributed by atoms with van der Waals surface area (Å²) in [5, 5.41) is 9.45. The largest absolute Gasteiger partial charge is 0.478 e. The SMILES string of the molecule is NC(=O)c1cc(F)c(COc2cccc(-c3cc(F)c(Cc4nc5ccc(C(=O)O)cc5n4C[C@@H]4CCO4)cc3F)n2)cn1. The van der Waals surface area contributed by atoms with Crippen molar-refractivity contribution in [1.82, 2.24) is 19.5 Å². The van der Waals surface area contributed by atoms with E-state index >= 15 is 8.78 Å². The fourth-order valence-electron chi connectivity index (χ4n) is 4.86. The van der Waals surface area contributed by atoms with Crippen LogP contribution < -0.4 is 10.5 Å². The molecule has 2 aromatic carbocycles. The number of nitrogens with two attached hydrogens (primary N) is 1. The Hall–Kier alpha value is -5.30. The fraction of sp³-hybridized carbons (Fsp3) is 0.194. The van der Waals surface area contributed by atoms with Crippen molar-refractivity contribution in [3.8, 4) is 17.1 Å². The highest BCUT2D eigenvalue weighted by Crippen LogP contribution is 2.29. The van der Waals surface area contributed by atoms with Crippen LogP contribution >= 0.6 is 0 Å². The monoisotopic (exact) mass is 603 g/mol. The molecule has 3 N–H and O–H groups in total. The fourth-order valence-corrected chi connectivity index (χ4v) is 4.86. The van der Waals surface area contributed by atoms with Gasteiger partial charge in [0.15, 0.2) is 0 Å². The number of fused-ring (bicyclic) bond motifs is 1. The molecule has 6 rings (SSSR count). The molecule has 1 saturated heterocycles. The molecule has 0 bridgehead atoms. The molecule has 4 heterocycles. The summed E-state index contributed by atoms with van der Waals surface area (Å²) >= 11 is 0. The first-order valence-electron chi connectivity index (χ1n) is 13.5. The van der Waals surface area contributed by atoms with Crippen molar-refractivity contribution in [1.29, 1.82) is 0 Å². The lowest BCUT2D eigenvalue weighted by atomic mass is 10.0. The zero-order valence-electron chi connectivity index (χ0n) is 23.0. The van der Waals surface area contributed by atoms with E-state index < -0.39 is 29.3 Å². The number of aromatic nitrogens is 4. The van der Waals surface area contributed by atoms with E-state index in [0.29, 0.717) is 30.0 Å². The molecule has 0 aliphatic carbocycles. The highest BCUT2D eigenvalue weighted by molar-refractivity contribution is 5.92. The molecule has 1 amide bonds. The lowest BCUT2D eigenvalue weighted by Crippen LogP contribution is -2.31. The van der Waals surface area contributed by atoms with Gasteiger partial charge in [0, 0.05) is 42.5 Å². The molecule has 0 spiro atoms. The van der Waals surface area contributed by atoms with Gasteiger partial charge in [-0.25, -0.2) is 27.9 Å². The number of ether oxygens (including phenoxy) is 2. The van der Waals surface area contributed by atoms with E-state index in [4.69, 9.17) is 15.2 Å². The quantitative estimate of drug-likeness (QED) is 0.235. The number of hydrogen-bond donors (Lipinski definition) is 2. The van der Waals surface area contributed by atoms with E-state index in [-0.39, 0.29) is 58.7 Å². The van der Waals surface area contributed by atoms with Gasteiger partial charge in [0.25, 0.3) is 5.91 Å². The number of carboxylic acids is 1. The van der Waals surface area contributed by atoms with Crippen LogP contribution in [-0.2, 0) is 24.3 Å². The Morgan fingerprint density at radius 3 is 2.52 bits per heavy atom. The number of halogens is 3. The molecule has 1 fully saturated rings. The number of primary amides is 1. The van der Waals surface area contributed by atoms with Crippen LogP contribution in [0.15, 0.2) is 60.8 Å². The molecule has 1 aliphatic rings. The van der Waals surface area contributed by atoms with Crippen LogP contribution in [0.25, 0.3) is 22.3 Å². The summed E-state index contributed by atoms with van der Waals surface area (Å²) in [5.41, 5.74) is 6.12. The van der Waals surface area contributed by atoms with Gasteiger partial charge < -0.3 is 24.9 Å². The summed E-state index contributed by atoms with van der Waals surface area (Å²) in [6, 6.07) is 12.0. The number of hydrogen-bond acceptors (Lipinski definition) is 7. The van der Waals surface area contributed by atoms with Gasteiger partial charge in [-0.05, 0) is 48.4 Å². The van der Waals surface area contributed by atoms with Crippen molar-refractivity contribution >= 4 is 22.9 Å². The summed E-state index contributed by atoms with van der Waals surface area (Å²) in [4.78, 5) is 35.3. The zero-order valence-corrected chi connectivity index (χ0v) is 23.0. The van der Waals surface area contributed by atoms with E-state index in [1.165, 1.54) is 30.3 Å². The first-order valence-corrected chi connectivity index (χ1v) is 13.5. The van der Waals surface area contributed by atoms with Crippen LogP contribution in [0.5, 0.6) is 5.88 Å². The first kappa shape index (κ1) is 28.8. The van der Waals surface area contributed by atoms with Crippen molar-refractivity contribution in [2.75, 3.05) is 6.61 Å². The van der Waals surface area contributed by atoms with Crippen molar-refractivity contribution in [3.63, 3.8) is 0 Å². The van der Waals surface area contributed by atoms with Gasteiger partial charge in [0.05, 0.1) is 34.9 Å². The minimum absolute atomic E-state index is 0.0254. The lowest BCUT2D eigenvalue weighted by molar-refractivity contribution is -0.0589. The Kier molecular flexibility index (Phi) is 7.70. The normalized spacial score (nSPS) is 14.4. The molecule has 5 aromatic rings. The maximum atomic E-state index is 15.5. The molecule has 0 unspecified atom stereocenters. The third kappa shape index (κ3) is 5.81. The molecule has 0 saturated carbocycles. The molecular formula is C31H24F3N5O5. The van der Waals surface area contributed by atoms with Crippen LogP contribution in [0, 0.1) is 17.5 Å². The van der Waals surface area contributed by atoms with E-state index in [2.05, 4.69) is 15.0 Å². The maximum Gasteiger partial charge on any atom is 0.335 e. The second kappa shape index (κ2) is 11.8. The van der Waals surface area contributed by atoms with E-state index in [0.717, 1.165) is 30.8 Å². The maximum absolute atomic E-state index is 15.5. The van der Waals surface area contributed by atoms with E-state index in [9.17, 15) is 19.1 Å². The Morgan fingerprint density at radius 2 is 1.82 bits per heavy atom. The average Bonchev–Trinajstić information content (AvgIpc) is 3.31. The number of imidazole rings is 1. The Morgan fingerprint density at radius 1 is 1.02 bits per heavy atom. The van der Waals surface area contributed by atoms with Crippen LogP contribution in [0.4, 0.5) is 13.2 Å². The van der Waals surface area contributed by atoms with Gasteiger partial charge in [-0.1, -0.05) is 6.07 Å². The van der Waals surface area contributed by atoms with Crippen molar-refractivity contribution < 1.29 is 37.3 Å². The van der Waals surface area contributed by atoms with Gasteiger partial charge in [-0.2, -0.15) is 0 Å².